The highest BCUT2D eigenvalue weighted by Crippen LogP contribution is 2.28. The van der Waals surface area contributed by atoms with E-state index in [2.05, 4.69) is 14.5 Å². The van der Waals surface area contributed by atoms with Gasteiger partial charge in [0, 0.05) is 11.4 Å². The van der Waals surface area contributed by atoms with Crippen LogP contribution in [0.25, 0.3) is 0 Å². The molecule has 0 spiro atoms. The number of aromatic nitrogens is 1. The molecule has 0 radical (unpaired) electrons. The molecule has 0 bridgehead atoms. The highest BCUT2D eigenvalue weighted by Gasteiger charge is 2.33. The minimum Gasteiger partial charge on any atom is -0.464 e. The number of halogens is 5. The molecule has 0 aliphatic carbocycles. The van der Waals surface area contributed by atoms with E-state index in [0.717, 1.165) is 7.11 Å². The van der Waals surface area contributed by atoms with Crippen molar-refractivity contribution in [2.24, 2.45) is 0 Å². The van der Waals surface area contributed by atoms with Gasteiger partial charge in [0.05, 0.1) is 10.7 Å². The molecular formula is C9H6ClF3INO3. The lowest BCUT2D eigenvalue weighted by atomic mass is 10.2. The molecule has 0 saturated heterocycles. The average Bonchev–Trinajstić information content (AvgIpc) is 2.28. The molecule has 0 fully saturated rings. The summed E-state index contributed by atoms with van der Waals surface area (Å²) in [5.41, 5.74) is -0.0328. The summed E-state index contributed by atoms with van der Waals surface area (Å²) in [6.45, 7) is 0. The molecule has 0 unspecified atom stereocenters. The molecule has 0 saturated carbocycles. The van der Waals surface area contributed by atoms with Crippen molar-refractivity contribution in [2.75, 3.05) is 7.11 Å². The molecule has 1 aromatic heterocycles. The van der Waals surface area contributed by atoms with Crippen molar-refractivity contribution in [1.82, 2.24) is 4.98 Å². The van der Waals surface area contributed by atoms with Gasteiger partial charge in [-0.3, -0.25) is 0 Å². The van der Waals surface area contributed by atoms with E-state index in [-0.39, 0.29) is 20.7 Å². The fraction of sp³-hybridized carbons (Fsp3) is 0.333. The monoisotopic (exact) mass is 395 g/mol. The smallest absolute Gasteiger partial charge is 0.464 e. The molecule has 0 aliphatic rings. The van der Waals surface area contributed by atoms with E-state index >= 15 is 0 Å². The van der Waals surface area contributed by atoms with Gasteiger partial charge in [0.15, 0.2) is 5.69 Å². The van der Waals surface area contributed by atoms with Crippen LogP contribution in [-0.4, -0.2) is 24.4 Å². The third-order valence-corrected chi connectivity index (χ3v) is 2.82. The molecular weight excluding hydrogens is 389 g/mol. The Kier molecular flexibility index (Phi) is 5.02. The Morgan fingerprint density at radius 1 is 1.56 bits per heavy atom. The van der Waals surface area contributed by atoms with Crippen molar-refractivity contribution in [2.45, 2.75) is 12.2 Å². The lowest BCUT2D eigenvalue weighted by Gasteiger charge is -2.12. The molecule has 100 valence electrons. The lowest BCUT2D eigenvalue weighted by molar-refractivity contribution is -0.276. The van der Waals surface area contributed by atoms with Crippen LogP contribution in [0.1, 0.15) is 16.1 Å². The number of alkyl halides is 4. The predicted octanol–water partition coefficient (Wildman–Crippen LogP) is 3.11. The van der Waals surface area contributed by atoms with Crippen LogP contribution < -0.4 is 4.74 Å². The standard InChI is InChI=1S/C9H6ClF3INO3/c1-17-8(16)6-4(3-10)2-5(14)7(15-6)18-9(11,12)13/h2H,3H2,1H3. The summed E-state index contributed by atoms with van der Waals surface area (Å²) in [6.07, 6.45) is -4.89. The second-order valence-corrected chi connectivity index (χ2v) is 4.39. The van der Waals surface area contributed by atoms with E-state index in [0.29, 0.717) is 0 Å². The molecule has 1 aromatic rings. The molecule has 0 aliphatic heterocycles. The number of carbonyl (C=O) groups is 1. The van der Waals surface area contributed by atoms with Crippen molar-refractivity contribution < 1.29 is 27.4 Å². The van der Waals surface area contributed by atoms with Crippen LogP contribution in [-0.2, 0) is 10.6 Å². The Morgan fingerprint density at radius 3 is 2.61 bits per heavy atom. The fourth-order valence-corrected chi connectivity index (χ4v) is 1.88. The highest BCUT2D eigenvalue weighted by molar-refractivity contribution is 14.1. The second-order valence-electron chi connectivity index (χ2n) is 2.96. The van der Waals surface area contributed by atoms with Crippen molar-refractivity contribution in [1.29, 1.82) is 0 Å². The number of carbonyl (C=O) groups excluding carboxylic acids is 1. The maximum absolute atomic E-state index is 12.1. The van der Waals surface area contributed by atoms with Gasteiger partial charge in [0.25, 0.3) is 0 Å². The first-order valence-electron chi connectivity index (χ1n) is 4.38. The third-order valence-electron chi connectivity index (χ3n) is 1.76. The van der Waals surface area contributed by atoms with Gasteiger partial charge in [-0.2, -0.15) is 0 Å². The fourth-order valence-electron chi connectivity index (χ4n) is 1.07. The Labute approximate surface area is 119 Å². The minimum atomic E-state index is -4.89. The Bertz CT molecular complexity index is 467. The van der Waals surface area contributed by atoms with E-state index in [9.17, 15) is 18.0 Å². The van der Waals surface area contributed by atoms with Crippen LogP contribution in [0.4, 0.5) is 13.2 Å². The van der Waals surface area contributed by atoms with E-state index in [1.165, 1.54) is 6.07 Å². The second kappa shape index (κ2) is 5.91. The van der Waals surface area contributed by atoms with Gasteiger partial charge < -0.3 is 9.47 Å². The van der Waals surface area contributed by atoms with Crippen molar-refractivity contribution >= 4 is 40.2 Å². The van der Waals surface area contributed by atoms with Crippen LogP contribution in [0, 0.1) is 3.57 Å². The molecule has 4 nitrogen and oxygen atoms in total. The molecule has 18 heavy (non-hydrogen) atoms. The Balaban J connectivity index is 3.25. The zero-order valence-corrected chi connectivity index (χ0v) is 11.8. The summed E-state index contributed by atoms with van der Waals surface area (Å²) in [5.74, 6) is -1.67. The number of esters is 1. The lowest BCUT2D eigenvalue weighted by Crippen LogP contribution is -2.20. The number of hydrogen-bond donors (Lipinski definition) is 0. The first kappa shape index (κ1) is 15.3. The summed E-state index contributed by atoms with van der Waals surface area (Å²) in [6, 6.07) is 1.29. The van der Waals surface area contributed by atoms with E-state index < -0.39 is 18.2 Å². The number of nitrogens with zero attached hydrogens (tertiary/aromatic N) is 1. The maximum atomic E-state index is 12.1. The van der Waals surface area contributed by atoms with Gasteiger partial charge >= 0.3 is 12.3 Å². The van der Waals surface area contributed by atoms with Crippen molar-refractivity contribution in [3.8, 4) is 5.88 Å². The van der Waals surface area contributed by atoms with Crippen LogP contribution >= 0.6 is 34.2 Å². The number of hydrogen-bond acceptors (Lipinski definition) is 4. The predicted molar refractivity (Wildman–Crippen MR) is 64.5 cm³/mol. The Morgan fingerprint density at radius 2 is 2.17 bits per heavy atom. The van der Waals surface area contributed by atoms with Crippen LogP contribution in [0.3, 0.4) is 0 Å². The number of methoxy groups -OCH3 is 1. The topological polar surface area (TPSA) is 48.4 Å². The summed E-state index contributed by atoms with van der Waals surface area (Å²) < 4.78 is 44.5. The normalized spacial score (nSPS) is 11.2. The highest BCUT2D eigenvalue weighted by atomic mass is 127. The van der Waals surface area contributed by atoms with Gasteiger partial charge in [-0.1, -0.05) is 0 Å². The first-order chi connectivity index (χ1) is 8.28. The number of rotatable bonds is 3. The summed E-state index contributed by atoms with van der Waals surface area (Å²) in [5, 5.41) is 0. The van der Waals surface area contributed by atoms with Gasteiger partial charge in [-0.15, -0.1) is 24.8 Å². The maximum Gasteiger partial charge on any atom is 0.574 e. The van der Waals surface area contributed by atoms with Crippen LogP contribution in [0.15, 0.2) is 6.07 Å². The SMILES string of the molecule is COC(=O)c1nc(OC(F)(F)F)c(I)cc1CCl. The molecule has 9 heteroatoms. The van der Waals surface area contributed by atoms with Crippen molar-refractivity contribution in [3.05, 3.63) is 20.9 Å². The van der Waals surface area contributed by atoms with Gasteiger partial charge in [-0.05, 0) is 28.7 Å². The van der Waals surface area contributed by atoms with Gasteiger partial charge in [-0.25, -0.2) is 9.78 Å². The molecule has 0 amide bonds. The molecule has 0 N–H and O–H groups in total. The Hall–Kier alpha value is -0.770. The van der Waals surface area contributed by atoms with Gasteiger partial charge in [0.2, 0.25) is 5.88 Å². The molecule has 1 rings (SSSR count). The van der Waals surface area contributed by atoms with Crippen LogP contribution in [0.2, 0.25) is 0 Å². The van der Waals surface area contributed by atoms with Crippen molar-refractivity contribution in [3.63, 3.8) is 0 Å². The summed E-state index contributed by atoms with van der Waals surface area (Å²) >= 11 is 7.18. The van der Waals surface area contributed by atoms with Gasteiger partial charge in [0.1, 0.15) is 0 Å². The van der Waals surface area contributed by atoms with E-state index in [1.54, 1.807) is 22.6 Å². The third kappa shape index (κ3) is 3.87. The molecule has 0 atom stereocenters. The van der Waals surface area contributed by atoms with E-state index in [1.807, 2.05) is 0 Å². The zero-order chi connectivity index (χ0) is 13.9. The molecule has 0 aromatic carbocycles. The minimum absolute atomic E-state index is 0.0836. The summed E-state index contributed by atoms with van der Waals surface area (Å²) in [4.78, 5) is 14.8. The summed E-state index contributed by atoms with van der Waals surface area (Å²) in [7, 11) is 1.09. The number of ether oxygens (including phenoxy) is 2. The molecule has 1 heterocycles. The first-order valence-corrected chi connectivity index (χ1v) is 5.99. The number of pyridine rings is 1. The largest absolute Gasteiger partial charge is 0.574 e. The zero-order valence-electron chi connectivity index (χ0n) is 8.85. The average molecular weight is 396 g/mol. The van der Waals surface area contributed by atoms with E-state index in [4.69, 9.17) is 11.6 Å². The quantitative estimate of drug-likeness (QED) is 0.448. The van der Waals surface area contributed by atoms with Crippen LogP contribution in [0.5, 0.6) is 5.88 Å².